The molecule has 0 unspecified atom stereocenters. The molecule has 4 nitrogen and oxygen atoms in total. The van der Waals surface area contributed by atoms with Crippen molar-refractivity contribution < 1.29 is 4.79 Å². The van der Waals surface area contributed by atoms with Crippen LogP contribution in [0.15, 0.2) is 42.0 Å². The molecular weight excluding hydrogens is 322 g/mol. The number of aryl methyl sites for hydroxylation is 2. The summed E-state index contributed by atoms with van der Waals surface area (Å²) in [5.41, 5.74) is 5.64. The van der Waals surface area contributed by atoms with Crippen LogP contribution < -0.4 is 0 Å². The fourth-order valence-electron chi connectivity index (χ4n) is 4.40. The van der Waals surface area contributed by atoms with Crippen LogP contribution in [0.25, 0.3) is 0 Å². The molecule has 1 aliphatic heterocycles. The van der Waals surface area contributed by atoms with Crippen molar-refractivity contribution in [3.63, 3.8) is 0 Å². The maximum absolute atomic E-state index is 12.9. The van der Waals surface area contributed by atoms with Crippen molar-refractivity contribution in [2.45, 2.75) is 40.2 Å². The van der Waals surface area contributed by atoms with Gasteiger partial charge in [0.2, 0.25) is 0 Å². The number of aromatic nitrogens is 2. The lowest BCUT2D eigenvalue weighted by atomic mass is 9.83. The summed E-state index contributed by atoms with van der Waals surface area (Å²) in [5.74, 6) is 1.47. The Balaban J connectivity index is 1.42. The summed E-state index contributed by atoms with van der Waals surface area (Å²) in [4.78, 5) is 14.9. The van der Waals surface area contributed by atoms with Crippen molar-refractivity contribution in [2.75, 3.05) is 13.1 Å². The molecule has 1 saturated heterocycles. The number of allylic oxidation sites excluding steroid dienone is 2. The highest BCUT2D eigenvalue weighted by atomic mass is 16.2. The summed E-state index contributed by atoms with van der Waals surface area (Å²) >= 11 is 0. The quantitative estimate of drug-likeness (QED) is 0.786. The third kappa shape index (κ3) is 3.33. The van der Waals surface area contributed by atoms with E-state index >= 15 is 0 Å². The highest BCUT2D eigenvalue weighted by molar-refractivity contribution is 5.94. The van der Waals surface area contributed by atoms with Gasteiger partial charge in [0.1, 0.15) is 0 Å². The van der Waals surface area contributed by atoms with Crippen molar-refractivity contribution in [3.05, 3.63) is 64.5 Å². The number of fused-ring (bicyclic) bond motifs is 1. The highest BCUT2D eigenvalue weighted by Gasteiger charge is 2.36. The lowest BCUT2D eigenvalue weighted by Gasteiger charge is -2.21. The Bertz CT molecular complexity index is 847. The van der Waals surface area contributed by atoms with Gasteiger partial charge in [-0.05, 0) is 69.2 Å². The molecule has 2 aromatic rings. The molecule has 1 fully saturated rings. The van der Waals surface area contributed by atoms with Gasteiger partial charge in [0.05, 0.1) is 12.2 Å². The van der Waals surface area contributed by atoms with E-state index in [1.54, 1.807) is 0 Å². The van der Waals surface area contributed by atoms with Gasteiger partial charge in [0, 0.05) is 24.3 Å². The number of carbonyl (C=O) groups is 1. The van der Waals surface area contributed by atoms with E-state index in [0.29, 0.717) is 11.8 Å². The van der Waals surface area contributed by atoms with E-state index in [0.717, 1.165) is 49.4 Å². The molecule has 1 aromatic heterocycles. The third-order valence-electron chi connectivity index (χ3n) is 5.85. The fraction of sp³-hybridized carbons (Fsp3) is 0.455. The first kappa shape index (κ1) is 17.1. The van der Waals surface area contributed by atoms with Crippen LogP contribution in [-0.4, -0.2) is 33.7 Å². The van der Waals surface area contributed by atoms with Crippen molar-refractivity contribution >= 4 is 5.91 Å². The van der Waals surface area contributed by atoms with Crippen LogP contribution in [0, 0.1) is 25.7 Å². The number of carbonyl (C=O) groups excluding carboxylic acids is 1. The summed E-state index contributed by atoms with van der Waals surface area (Å²) in [6.45, 7) is 8.84. The number of benzene rings is 1. The number of hydrogen-bond donors (Lipinski definition) is 0. The van der Waals surface area contributed by atoms with Gasteiger partial charge in [-0.3, -0.25) is 9.48 Å². The molecule has 0 radical (unpaired) electrons. The topological polar surface area (TPSA) is 38.1 Å². The standard InChI is InChI=1S/C22H27N3O/c1-15-4-7-20-13-24(14-21(20)10-15)22(26)19-8-5-18(6-9-19)12-25-17(3)11-16(2)23-25/h4-6,8-9,11,20-21H,7,10,12-14H2,1-3H3/t20-,21+/m1/s1. The molecule has 1 aliphatic carbocycles. The molecule has 2 heterocycles. The van der Waals surface area contributed by atoms with Crippen molar-refractivity contribution in [1.82, 2.24) is 14.7 Å². The van der Waals surface area contributed by atoms with Gasteiger partial charge in [0.25, 0.3) is 5.91 Å². The van der Waals surface area contributed by atoms with E-state index in [1.165, 1.54) is 11.1 Å². The molecule has 26 heavy (non-hydrogen) atoms. The normalized spacial score (nSPS) is 22.3. The molecule has 4 rings (SSSR count). The number of amides is 1. The number of likely N-dealkylation sites (tertiary alicyclic amines) is 1. The second-order valence-corrected chi connectivity index (χ2v) is 8.00. The van der Waals surface area contributed by atoms with E-state index in [2.05, 4.69) is 48.1 Å². The fourth-order valence-corrected chi connectivity index (χ4v) is 4.40. The van der Waals surface area contributed by atoms with Gasteiger partial charge in [-0.2, -0.15) is 5.10 Å². The average molecular weight is 349 g/mol. The molecule has 1 amide bonds. The first-order chi connectivity index (χ1) is 12.5. The summed E-state index contributed by atoms with van der Waals surface area (Å²) in [5, 5.41) is 4.51. The van der Waals surface area contributed by atoms with Crippen LogP contribution >= 0.6 is 0 Å². The van der Waals surface area contributed by atoms with Crippen LogP contribution in [0.5, 0.6) is 0 Å². The lowest BCUT2D eigenvalue weighted by molar-refractivity contribution is 0.0784. The van der Waals surface area contributed by atoms with Crippen LogP contribution in [0.3, 0.4) is 0 Å². The minimum Gasteiger partial charge on any atom is -0.338 e. The zero-order chi connectivity index (χ0) is 18.3. The van der Waals surface area contributed by atoms with E-state index in [9.17, 15) is 4.79 Å². The predicted octanol–water partition coefficient (Wildman–Crippen LogP) is 3.98. The number of hydrogen-bond acceptors (Lipinski definition) is 2. The van der Waals surface area contributed by atoms with E-state index < -0.39 is 0 Å². The molecule has 0 spiro atoms. The largest absolute Gasteiger partial charge is 0.338 e. The molecule has 0 saturated carbocycles. The Hall–Kier alpha value is -2.36. The Morgan fingerprint density at radius 3 is 2.54 bits per heavy atom. The lowest BCUT2D eigenvalue weighted by Crippen LogP contribution is -2.29. The first-order valence-corrected chi connectivity index (χ1v) is 9.54. The zero-order valence-electron chi connectivity index (χ0n) is 15.9. The molecule has 0 bridgehead atoms. The Morgan fingerprint density at radius 2 is 1.85 bits per heavy atom. The second-order valence-electron chi connectivity index (χ2n) is 8.00. The zero-order valence-corrected chi connectivity index (χ0v) is 15.9. The summed E-state index contributed by atoms with van der Waals surface area (Å²) in [6, 6.07) is 10.1. The summed E-state index contributed by atoms with van der Waals surface area (Å²) < 4.78 is 2.01. The summed E-state index contributed by atoms with van der Waals surface area (Å²) in [7, 11) is 0. The maximum Gasteiger partial charge on any atom is 0.253 e. The van der Waals surface area contributed by atoms with Crippen molar-refractivity contribution in [2.24, 2.45) is 11.8 Å². The first-order valence-electron chi connectivity index (χ1n) is 9.54. The predicted molar refractivity (Wildman–Crippen MR) is 103 cm³/mol. The van der Waals surface area contributed by atoms with Crippen LogP contribution in [0.1, 0.15) is 47.1 Å². The van der Waals surface area contributed by atoms with E-state index in [4.69, 9.17) is 0 Å². The van der Waals surface area contributed by atoms with Crippen LogP contribution in [0.2, 0.25) is 0 Å². The average Bonchev–Trinajstić information content (AvgIpc) is 3.17. The van der Waals surface area contributed by atoms with Gasteiger partial charge >= 0.3 is 0 Å². The minimum atomic E-state index is 0.176. The number of nitrogens with zero attached hydrogens (tertiary/aromatic N) is 3. The SMILES string of the molecule is CC1=CC[C@@H]2CN(C(=O)c3ccc(Cn4nc(C)cc4C)cc3)C[C@@H]2C1. The minimum absolute atomic E-state index is 0.176. The summed E-state index contributed by atoms with van der Waals surface area (Å²) in [6.07, 6.45) is 4.63. The molecule has 4 heteroatoms. The van der Waals surface area contributed by atoms with Gasteiger partial charge in [-0.1, -0.05) is 23.8 Å². The monoisotopic (exact) mass is 349 g/mol. The Kier molecular flexibility index (Phi) is 4.43. The van der Waals surface area contributed by atoms with Crippen LogP contribution in [0.4, 0.5) is 0 Å². The Morgan fingerprint density at radius 1 is 1.12 bits per heavy atom. The van der Waals surface area contributed by atoms with E-state index in [1.807, 2.05) is 23.7 Å². The van der Waals surface area contributed by atoms with E-state index in [-0.39, 0.29) is 5.91 Å². The molecular formula is C22H27N3O. The van der Waals surface area contributed by atoms with Gasteiger partial charge in [-0.15, -0.1) is 0 Å². The molecule has 1 aromatic carbocycles. The Labute approximate surface area is 155 Å². The van der Waals surface area contributed by atoms with Gasteiger partial charge in [-0.25, -0.2) is 0 Å². The van der Waals surface area contributed by atoms with Gasteiger partial charge < -0.3 is 4.90 Å². The van der Waals surface area contributed by atoms with Crippen molar-refractivity contribution in [3.8, 4) is 0 Å². The number of rotatable bonds is 3. The third-order valence-corrected chi connectivity index (χ3v) is 5.85. The molecule has 0 N–H and O–H groups in total. The maximum atomic E-state index is 12.9. The molecule has 136 valence electrons. The smallest absolute Gasteiger partial charge is 0.253 e. The van der Waals surface area contributed by atoms with Gasteiger partial charge in [0.15, 0.2) is 0 Å². The van der Waals surface area contributed by atoms with Crippen molar-refractivity contribution in [1.29, 1.82) is 0 Å². The molecule has 2 aliphatic rings. The van der Waals surface area contributed by atoms with Crippen LogP contribution in [-0.2, 0) is 6.54 Å². The molecule has 2 atom stereocenters. The highest BCUT2D eigenvalue weighted by Crippen LogP contribution is 2.36. The second kappa shape index (κ2) is 6.75.